The second kappa shape index (κ2) is 4.99. The lowest BCUT2D eigenvalue weighted by molar-refractivity contribution is 0.246. The fourth-order valence-corrected chi connectivity index (χ4v) is 1.51. The Balaban J connectivity index is 1.91. The van der Waals surface area contributed by atoms with E-state index in [1.165, 1.54) is 0 Å². The first kappa shape index (κ1) is 8.37. The van der Waals surface area contributed by atoms with Gasteiger partial charge < -0.3 is 19.3 Å². The monoisotopic (exact) mass is 165 g/mol. The lowest BCUT2D eigenvalue weighted by atomic mass is 10.5. The minimum Gasteiger partial charge on any atom is -0.330 e. The standard InChI is InChI=1S/C5H12NO3P/c6-2-1-3-7-10-8-4-5-9-10/h1-6H2. The average Bonchev–Trinajstić information content (AvgIpc) is 2.41. The van der Waals surface area contributed by atoms with Crippen LogP contribution in [0.1, 0.15) is 6.42 Å². The van der Waals surface area contributed by atoms with Crippen LogP contribution in [-0.4, -0.2) is 26.4 Å². The van der Waals surface area contributed by atoms with Gasteiger partial charge in [0.25, 0.3) is 0 Å². The first-order valence-corrected chi connectivity index (χ1v) is 4.42. The Bertz CT molecular complexity index is 87.0. The van der Waals surface area contributed by atoms with Crippen molar-refractivity contribution in [3.8, 4) is 0 Å². The van der Waals surface area contributed by atoms with E-state index in [0.29, 0.717) is 26.4 Å². The topological polar surface area (TPSA) is 53.7 Å². The van der Waals surface area contributed by atoms with Gasteiger partial charge in [0.1, 0.15) is 0 Å². The van der Waals surface area contributed by atoms with Gasteiger partial charge in [-0.3, -0.25) is 0 Å². The molecule has 2 N–H and O–H groups in total. The van der Waals surface area contributed by atoms with E-state index in [-0.39, 0.29) is 0 Å². The molecule has 1 aliphatic heterocycles. The Hall–Kier alpha value is 0.270. The van der Waals surface area contributed by atoms with Gasteiger partial charge >= 0.3 is 8.60 Å². The average molecular weight is 165 g/mol. The minimum atomic E-state index is -1.01. The van der Waals surface area contributed by atoms with Crippen LogP contribution in [0, 0.1) is 0 Å². The Morgan fingerprint density at radius 2 is 2.10 bits per heavy atom. The third kappa shape index (κ3) is 2.90. The van der Waals surface area contributed by atoms with Crippen LogP contribution in [0.25, 0.3) is 0 Å². The second-order valence-corrected chi connectivity index (χ2v) is 3.09. The summed E-state index contributed by atoms with van der Waals surface area (Å²) in [5, 5.41) is 0. The molecule has 10 heavy (non-hydrogen) atoms. The van der Waals surface area contributed by atoms with Crippen LogP contribution in [0.15, 0.2) is 0 Å². The van der Waals surface area contributed by atoms with Crippen molar-refractivity contribution in [2.75, 3.05) is 26.4 Å². The molecule has 1 aliphatic rings. The molecule has 1 fully saturated rings. The molecule has 60 valence electrons. The third-order valence-corrected chi connectivity index (χ3v) is 2.20. The highest BCUT2D eigenvalue weighted by Crippen LogP contribution is 2.43. The molecular weight excluding hydrogens is 153 g/mol. The summed E-state index contributed by atoms with van der Waals surface area (Å²) in [7, 11) is -1.01. The van der Waals surface area contributed by atoms with Crippen LogP contribution in [0.4, 0.5) is 0 Å². The molecule has 0 aromatic heterocycles. The molecule has 0 aromatic carbocycles. The Morgan fingerprint density at radius 1 is 1.40 bits per heavy atom. The van der Waals surface area contributed by atoms with Crippen molar-refractivity contribution in [3.63, 3.8) is 0 Å². The Labute approximate surface area is 61.6 Å². The van der Waals surface area contributed by atoms with Crippen LogP contribution < -0.4 is 5.73 Å². The molecule has 0 spiro atoms. The van der Waals surface area contributed by atoms with Crippen LogP contribution in [0.2, 0.25) is 0 Å². The molecule has 0 amide bonds. The molecule has 0 bridgehead atoms. The van der Waals surface area contributed by atoms with E-state index < -0.39 is 8.60 Å². The van der Waals surface area contributed by atoms with Gasteiger partial charge in [0, 0.05) is 0 Å². The summed E-state index contributed by atoms with van der Waals surface area (Å²) in [6, 6.07) is 0. The van der Waals surface area contributed by atoms with E-state index in [1.54, 1.807) is 0 Å². The van der Waals surface area contributed by atoms with Gasteiger partial charge in [-0.1, -0.05) is 0 Å². The maximum absolute atomic E-state index is 5.26. The van der Waals surface area contributed by atoms with Crippen LogP contribution in [0.5, 0.6) is 0 Å². The zero-order valence-corrected chi connectivity index (χ0v) is 6.68. The van der Waals surface area contributed by atoms with Crippen molar-refractivity contribution in [2.45, 2.75) is 6.42 Å². The maximum atomic E-state index is 5.26. The van der Waals surface area contributed by atoms with Gasteiger partial charge in [-0.25, -0.2) is 0 Å². The van der Waals surface area contributed by atoms with Gasteiger partial charge in [-0.05, 0) is 13.0 Å². The molecule has 0 aliphatic carbocycles. The van der Waals surface area contributed by atoms with Gasteiger partial charge in [0.05, 0.1) is 19.8 Å². The van der Waals surface area contributed by atoms with E-state index in [0.717, 1.165) is 6.42 Å². The molecule has 0 radical (unpaired) electrons. The number of nitrogens with two attached hydrogens (primary N) is 1. The van der Waals surface area contributed by atoms with E-state index in [9.17, 15) is 0 Å². The van der Waals surface area contributed by atoms with Crippen LogP contribution in [-0.2, 0) is 13.6 Å². The van der Waals surface area contributed by atoms with Crippen LogP contribution >= 0.6 is 8.60 Å². The molecule has 0 atom stereocenters. The van der Waals surface area contributed by atoms with Gasteiger partial charge in [-0.2, -0.15) is 0 Å². The lowest BCUT2D eigenvalue weighted by Gasteiger charge is -2.05. The number of rotatable bonds is 4. The summed E-state index contributed by atoms with van der Waals surface area (Å²) in [4.78, 5) is 0. The third-order valence-electron chi connectivity index (χ3n) is 1.02. The fraction of sp³-hybridized carbons (Fsp3) is 1.00. The fourth-order valence-electron chi connectivity index (χ4n) is 0.558. The molecule has 0 aromatic rings. The molecule has 5 heteroatoms. The van der Waals surface area contributed by atoms with Gasteiger partial charge in [0.2, 0.25) is 0 Å². The van der Waals surface area contributed by atoms with Crippen LogP contribution in [0.3, 0.4) is 0 Å². The quantitative estimate of drug-likeness (QED) is 0.490. The Morgan fingerprint density at radius 3 is 2.70 bits per heavy atom. The van der Waals surface area contributed by atoms with E-state index >= 15 is 0 Å². The highest BCUT2D eigenvalue weighted by Gasteiger charge is 2.17. The van der Waals surface area contributed by atoms with Crippen molar-refractivity contribution in [2.24, 2.45) is 5.73 Å². The Kier molecular flexibility index (Phi) is 4.18. The molecule has 0 unspecified atom stereocenters. The highest BCUT2D eigenvalue weighted by atomic mass is 31.2. The van der Waals surface area contributed by atoms with E-state index in [4.69, 9.17) is 19.3 Å². The number of hydrogen-bond acceptors (Lipinski definition) is 4. The highest BCUT2D eigenvalue weighted by molar-refractivity contribution is 7.41. The van der Waals surface area contributed by atoms with Crippen molar-refractivity contribution >= 4 is 8.60 Å². The second-order valence-electron chi connectivity index (χ2n) is 1.87. The normalized spacial score (nSPS) is 20.1. The van der Waals surface area contributed by atoms with Crippen molar-refractivity contribution in [1.82, 2.24) is 0 Å². The summed E-state index contributed by atoms with van der Waals surface area (Å²) in [5.41, 5.74) is 5.26. The molecular formula is C5H12NO3P. The zero-order chi connectivity index (χ0) is 7.23. The predicted octanol–water partition coefficient (Wildman–Crippen LogP) is 0.625. The largest absolute Gasteiger partial charge is 0.332 e. The van der Waals surface area contributed by atoms with Gasteiger partial charge in [0.15, 0.2) is 0 Å². The summed E-state index contributed by atoms with van der Waals surface area (Å²) in [6.07, 6.45) is 0.867. The van der Waals surface area contributed by atoms with E-state index in [1.807, 2.05) is 0 Å². The van der Waals surface area contributed by atoms with Crippen molar-refractivity contribution < 1.29 is 13.6 Å². The summed E-state index contributed by atoms with van der Waals surface area (Å²) in [6.45, 7) is 2.62. The molecule has 0 saturated carbocycles. The first-order valence-electron chi connectivity index (χ1n) is 3.32. The maximum Gasteiger partial charge on any atom is 0.332 e. The van der Waals surface area contributed by atoms with Crippen molar-refractivity contribution in [3.05, 3.63) is 0 Å². The molecule has 1 rings (SSSR count). The molecule has 4 nitrogen and oxygen atoms in total. The predicted molar refractivity (Wildman–Crippen MR) is 38.4 cm³/mol. The zero-order valence-electron chi connectivity index (χ0n) is 5.78. The summed E-state index contributed by atoms with van der Waals surface area (Å²) in [5.74, 6) is 0. The van der Waals surface area contributed by atoms with E-state index in [2.05, 4.69) is 0 Å². The molecule has 1 saturated heterocycles. The van der Waals surface area contributed by atoms with Gasteiger partial charge in [-0.15, -0.1) is 0 Å². The summed E-state index contributed by atoms with van der Waals surface area (Å²) >= 11 is 0. The number of hydrogen-bond donors (Lipinski definition) is 1. The minimum absolute atomic E-state index is 0.641. The summed E-state index contributed by atoms with van der Waals surface area (Å²) < 4.78 is 15.3. The first-order chi connectivity index (χ1) is 4.93. The SMILES string of the molecule is NCCCOP1OCCO1. The van der Waals surface area contributed by atoms with Crippen molar-refractivity contribution in [1.29, 1.82) is 0 Å². The smallest absolute Gasteiger partial charge is 0.330 e. The lowest BCUT2D eigenvalue weighted by Crippen LogP contribution is -2.02. The molecule has 1 heterocycles.